The molecule has 0 rings (SSSR count). The second-order valence-electron chi connectivity index (χ2n) is 4.64. The maximum absolute atomic E-state index is 11.8. The number of carbonyl (C=O) groups excluding carboxylic acids is 1. The minimum atomic E-state index is 0.00838. The Balaban J connectivity index is 3.87. The predicted octanol–water partition coefficient (Wildman–Crippen LogP) is 1.87. The average molecular weight is 214 g/mol. The number of nitrogens with two attached hydrogens (primary N) is 1. The summed E-state index contributed by atoms with van der Waals surface area (Å²) in [5.41, 5.74) is 5.55. The summed E-state index contributed by atoms with van der Waals surface area (Å²) in [6.07, 6.45) is 3.10. The Hall–Kier alpha value is -0.570. The highest BCUT2D eigenvalue weighted by atomic mass is 16.2. The third-order valence-electron chi connectivity index (χ3n) is 2.78. The Morgan fingerprint density at radius 2 is 2.00 bits per heavy atom. The van der Waals surface area contributed by atoms with Crippen molar-refractivity contribution < 1.29 is 4.79 Å². The molecule has 0 spiro atoms. The van der Waals surface area contributed by atoms with Crippen LogP contribution in [0.5, 0.6) is 0 Å². The summed E-state index contributed by atoms with van der Waals surface area (Å²) >= 11 is 0. The van der Waals surface area contributed by atoms with Crippen LogP contribution in [0, 0.1) is 11.8 Å². The molecule has 0 aromatic rings. The molecule has 0 saturated heterocycles. The topological polar surface area (TPSA) is 46.3 Å². The molecule has 90 valence electrons. The number of carbonyl (C=O) groups is 1. The van der Waals surface area contributed by atoms with E-state index in [1.54, 1.807) is 0 Å². The molecule has 1 amide bonds. The molecule has 0 aliphatic rings. The Bertz CT molecular complexity index is 176. The van der Waals surface area contributed by atoms with Gasteiger partial charge in [-0.3, -0.25) is 4.79 Å². The first-order valence-corrected chi connectivity index (χ1v) is 5.97. The third-order valence-corrected chi connectivity index (χ3v) is 2.78. The van der Waals surface area contributed by atoms with Crippen molar-refractivity contribution in [1.29, 1.82) is 0 Å². The van der Waals surface area contributed by atoms with Gasteiger partial charge in [0.25, 0.3) is 0 Å². The molecule has 0 aromatic carbocycles. The Morgan fingerprint density at radius 1 is 1.40 bits per heavy atom. The lowest BCUT2D eigenvalue weighted by Gasteiger charge is -2.22. The highest BCUT2D eigenvalue weighted by Crippen LogP contribution is 2.08. The van der Waals surface area contributed by atoms with Gasteiger partial charge in [0.15, 0.2) is 0 Å². The van der Waals surface area contributed by atoms with E-state index in [0.29, 0.717) is 12.5 Å². The maximum Gasteiger partial charge on any atom is 0.226 e. The average Bonchev–Trinajstić information content (AvgIpc) is 2.18. The molecule has 15 heavy (non-hydrogen) atoms. The normalized spacial score (nSPS) is 12.9. The van der Waals surface area contributed by atoms with E-state index in [9.17, 15) is 4.79 Å². The number of amides is 1. The van der Waals surface area contributed by atoms with Crippen LogP contribution in [0.1, 0.15) is 40.0 Å². The highest BCUT2D eigenvalue weighted by molar-refractivity contribution is 5.78. The number of rotatable bonds is 7. The molecule has 0 aromatic heterocycles. The van der Waals surface area contributed by atoms with Crippen LogP contribution in [0.3, 0.4) is 0 Å². The Kier molecular flexibility index (Phi) is 7.39. The molecule has 1 unspecified atom stereocenters. The van der Waals surface area contributed by atoms with E-state index in [0.717, 1.165) is 19.4 Å². The van der Waals surface area contributed by atoms with Crippen molar-refractivity contribution in [1.82, 2.24) is 4.90 Å². The number of nitrogens with zero attached hydrogens (tertiary/aromatic N) is 1. The van der Waals surface area contributed by atoms with Crippen LogP contribution in [0.4, 0.5) is 0 Å². The summed E-state index contributed by atoms with van der Waals surface area (Å²) in [7, 11) is 1.88. The van der Waals surface area contributed by atoms with Crippen molar-refractivity contribution in [2.45, 2.75) is 40.0 Å². The summed E-state index contributed by atoms with van der Waals surface area (Å²) in [4.78, 5) is 13.6. The molecule has 1 atom stereocenters. The van der Waals surface area contributed by atoms with E-state index >= 15 is 0 Å². The summed E-state index contributed by atoms with van der Waals surface area (Å²) in [6, 6.07) is 0. The van der Waals surface area contributed by atoms with E-state index in [2.05, 4.69) is 13.8 Å². The third kappa shape index (κ3) is 5.78. The molecular weight excluding hydrogens is 188 g/mol. The fourth-order valence-electron chi connectivity index (χ4n) is 1.60. The van der Waals surface area contributed by atoms with Crippen LogP contribution >= 0.6 is 0 Å². The van der Waals surface area contributed by atoms with Gasteiger partial charge < -0.3 is 10.6 Å². The number of hydrogen-bond donors (Lipinski definition) is 1. The van der Waals surface area contributed by atoms with Gasteiger partial charge in [0.1, 0.15) is 0 Å². The fraction of sp³-hybridized carbons (Fsp3) is 0.917. The van der Waals surface area contributed by atoms with Crippen molar-refractivity contribution in [3.63, 3.8) is 0 Å². The van der Waals surface area contributed by atoms with Gasteiger partial charge >= 0.3 is 0 Å². The quantitative estimate of drug-likeness (QED) is 0.703. The van der Waals surface area contributed by atoms with E-state index < -0.39 is 0 Å². The molecule has 0 radical (unpaired) electrons. The maximum atomic E-state index is 11.8. The Labute approximate surface area is 94.0 Å². The minimum Gasteiger partial charge on any atom is -0.345 e. The van der Waals surface area contributed by atoms with E-state index in [4.69, 9.17) is 5.73 Å². The monoisotopic (exact) mass is 214 g/mol. The van der Waals surface area contributed by atoms with Crippen LogP contribution < -0.4 is 5.73 Å². The lowest BCUT2D eigenvalue weighted by atomic mass is 10.0. The van der Waals surface area contributed by atoms with E-state index in [1.165, 1.54) is 6.42 Å². The fourth-order valence-corrected chi connectivity index (χ4v) is 1.60. The van der Waals surface area contributed by atoms with Crippen LogP contribution in [0.15, 0.2) is 0 Å². The van der Waals surface area contributed by atoms with Crippen LogP contribution in [0.2, 0.25) is 0 Å². The number of hydrogen-bond acceptors (Lipinski definition) is 2. The molecular formula is C12H26N2O. The zero-order valence-electron chi connectivity index (χ0n) is 10.6. The van der Waals surface area contributed by atoms with Gasteiger partial charge in [0.2, 0.25) is 5.91 Å². The van der Waals surface area contributed by atoms with Crippen LogP contribution in [-0.2, 0) is 4.79 Å². The van der Waals surface area contributed by atoms with Gasteiger partial charge in [-0.2, -0.15) is 0 Å². The molecule has 0 saturated carbocycles. The van der Waals surface area contributed by atoms with Gasteiger partial charge in [-0.05, 0) is 25.2 Å². The molecule has 3 nitrogen and oxygen atoms in total. The molecule has 0 bridgehead atoms. The lowest BCUT2D eigenvalue weighted by Crippen LogP contribution is -2.36. The molecule has 0 aliphatic carbocycles. The summed E-state index contributed by atoms with van der Waals surface area (Å²) in [5.74, 6) is 0.919. The Morgan fingerprint density at radius 3 is 2.40 bits per heavy atom. The van der Waals surface area contributed by atoms with E-state index in [1.807, 2.05) is 18.9 Å². The van der Waals surface area contributed by atoms with Crippen molar-refractivity contribution >= 4 is 5.91 Å². The first kappa shape index (κ1) is 14.4. The van der Waals surface area contributed by atoms with Gasteiger partial charge in [-0.25, -0.2) is 0 Å². The molecule has 0 heterocycles. The van der Waals surface area contributed by atoms with Crippen molar-refractivity contribution in [2.24, 2.45) is 17.6 Å². The smallest absolute Gasteiger partial charge is 0.226 e. The van der Waals surface area contributed by atoms with Gasteiger partial charge in [0.05, 0.1) is 5.92 Å². The first-order chi connectivity index (χ1) is 7.02. The van der Waals surface area contributed by atoms with Crippen molar-refractivity contribution in [2.75, 3.05) is 20.1 Å². The van der Waals surface area contributed by atoms with Crippen LogP contribution in [0.25, 0.3) is 0 Å². The lowest BCUT2D eigenvalue weighted by molar-refractivity contribution is -0.134. The van der Waals surface area contributed by atoms with Gasteiger partial charge in [-0.15, -0.1) is 0 Å². The zero-order valence-corrected chi connectivity index (χ0v) is 10.6. The summed E-state index contributed by atoms with van der Waals surface area (Å²) < 4.78 is 0. The second-order valence-corrected chi connectivity index (χ2v) is 4.64. The predicted molar refractivity (Wildman–Crippen MR) is 64.5 cm³/mol. The van der Waals surface area contributed by atoms with Crippen molar-refractivity contribution in [3.05, 3.63) is 0 Å². The van der Waals surface area contributed by atoms with Crippen LogP contribution in [-0.4, -0.2) is 30.9 Å². The molecule has 0 aliphatic heterocycles. The summed E-state index contributed by atoms with van der Waals surface area (Å²) in [6.45, 7) is 7.74. The standard InChI is InChI=1S/C12H26N2O/c1-5-11(9-13)12(15)14(4)8-6-7-10(2)3/h10-11H,5-9,13H2,1-4H3. The second kappa shape index (κ2) is 7.69. The molecule has 3 heteroatoms. The van der Waals surface area contributed by atoms with Crippen molar-refractivity contribution in [3.8, 4) is 0 Å². The largest absolute Gasteiger partial charge is 0.345 e. The molecule has 2 N–H and O–H groups in total. The van der Waals surface area contributed by atoms with Gasteiger partial charge in [-0.1, -0.05) is 20.8 Å². The zero-order chi connectivity index (χ0) is 11.8. The first-order valence-electron chi connectivity index (χ1n) is 5.97. The minimum absolute atomic E-state index is 0.00838. The summed E-state index contributed by atoms with van der Waals surface area (Å²) in [5, 5.41) is 0. The molecule has 0 fully saturated rings. The van der Waals surface area contributed by atoms with Gasteiger partial charge in [0, 0.05) is 20.1 Å². The SMILES string of the molecule is CCC(CN)C(=O)N(C)CCCC(C)C. The van der Waals surface area contributed by atoms with E-state index in [-0.39, 0.29) is 11.8 Å². The highest BCUT2D eigenvalue weighted by Gasteiger charge is 2.18.